The topological polar surface area (TPSA) is 41.3 Å². The number of rotatable bonds is 5. The van der Waals surface area contributed by atoms with Gasteiger partial charge >= 0.3 is 0 Å². The van der Waals surface area contributed by atoms with Crippen molar-refractivity contribution in [3.05, 3.63) is 18.2 Å². The first-order valence-corrected chi connectivity index (χ1v) is 7.30. The van der Waals surface area contributed by atoms with E-state index in [2.05, 4.69) is 28.4 Å². The smallest absolute Gasteiger partial charge is 0.122 e. The van der Waals surface area contributed by atoms with E-state index in [1.54, 1.807) is 0 Å². The van der Waals surface area contributed by atoms with Crippen LogP contribution in [-0.2, 0) is 13.6 Å². The Morgan fingerprint density at radius 2 is 2.16 bits per heavy atom. The van der Waals surface area contributed by atoms with E-state index in [-0.39, 0.29) is 5.41 Å². The van der Waals surface area contributed by atoms with Gasteiger partial charge in [0.2, 0.25) is 0 Å². The summed E-state index contributed by atoms with van der Waals surface area (Å²) < 4.78 is 2.06. The normalized spacial score (nSPS) is 27.9. The maximum Gasteiger partial charge on any atom is 0.122 e. The molecule has 1 fully saturated rings. The minimum atomic E-state index is 0.104. The lowest BCUT2D eigenvalue weighted by atomic mass is 9.71. The molecule has 0 saturated heterocycles. The van der Waals surface area contributed by atoms with Gasteiger partial charge in [-0.05, 0) is 25.8 Å². The van der Waals surface area contributed by atoms with Gasteiger partial charge in [-0.15, -0.1) is 0 Å². The fourth-order valence-electron chi connectivity index (χ4n) is 3.16. The van der Waals surface area contributed by atoms with Gasteiger partial charge in [-0.1, -0.05) is 19.8 Å². The molecule has 1 aromatic rings. The molecule has 1 saturated carbocycles. The van der Waals surface area contributed by atoms with Crippen molar-refractivity contribution < 1.29 is 5.11 Å². The average Bonchev–Trinajstić information content (AvgIpc) is 2.78. The van der Waals surface area contributed by atoms with Gasteiger partial charge in [-0.25, -0.2) is 4.98 Å². The van der Waals surface area contributed by atoms with Crippen LogP contribution < -0.4 is 0 Å². The van der Waals surface area contributed by atoms with Crippen LogP contribution in [0.4, 0.5) is 0 Å². The molecule has 4 heteroatoms. The van der Waals surface area contributed by atoms with Crippen molar-refractivity contribution in [1.29, 1.82) is 0 Å². The molecule has 0 spiro atoms. The van der Waals surface area contributed by atoms with Gasteiger partial charge < -0.3 is 9.67 Å². The van der Waals surface area contributed by atoms with Gasteiger partial charge in [0.25, 0.3) is 0 Å². The number of hydrogen-bond acceptors (Lipinski definition) is 3. The molecule has 0 unspecified atom stereocenters. The molecule has 1 heterocycles. The Bertz CT molecular complexity index is 394. The van der Waals surface area contributed by atoms with E-state index in [1.807, 2.05) is 19.4 Å². The summed E-state index contributed by atoms with van der Waals surface area (Å²) in [6, 6.07) is 0. The van der Waals surface area contributed by atoms with Crippen molar-refractivity contribution in [3.8, 4) is 0 Å². The molecule has 108 valence electrons. The first kappa shape index (κ1) is 14.5. The van der Waals surface area contributed by atoms with Crippen LogP contribution in [0, 0.1) is 11.3 Å². The van der Waals surface area contributed by atoms with Crippen molar-refractivity contribution in [1.82, 2.24) is 14.5 Å². The minimum Gasteiger partial charge on any atom is -0.396 e. The maximum atomic E-state index is 9.81. The van der Waals surface area contributed by atoms with E-state index >= 15 is 0 Å². The van der Waals surface area contributed by atoms with Crippen molar-refractivity contribution in [2.45, 2.75) is 39.2 Å². The Kier molecular flexibility index (Phi) is 4.63. The largest absolute Gasteiger partial charge is 0.396 e. The van der Waals surface area contributed by atoms with Crippen LogP contribution in [0.15, 0.2) is 12.4 Å². The molecular weight excluding hydrogens is 238 g/mol. The molecule has 0 aliphatic heterocycles. The number of aromatic nitrogens is 2. The summed E-state index contributed by atoms with van der Waals surface area (Å²) in [4.78, 5) is 6.67. The van der Waals surface area contributed by atoms with Gasteiger partial charge in [0.1, 0.15) is 5.82 Å². The molecule has 0 radical (unpaired) electrons. The first-order valence-electron chi connectivity index (χ1n) is 7.30. The second-order valence-corrected chi connectivity index (χ2v) is 6.47. The van der Waals surface area contributed by atoms with Crippen LogP contribution in [0.3, 0.4) is 0 Å². The Morgan fingerprint density at radius 3 is 2.68 bits per heavy atom. The molecule has 2 rings (SSSR count). The highest BCUT2D eigenvalue weighted by molar-refractivity contribution is 4.92. The van der Waals surface area contributed by atoms with Crippen molar-refractivity contribution in [2.75, 3.05) is 20.2 Å². The molecule has 0 bridgehead atoms. The molecule has 1 aliphatic carbocycles. The number of aliphatic hydroxyl groups is 1. The SMILES string of the molecule is CC1CCC(CO)(CN(C)Cc2nccn2C)CC1. The third-order valence-electron chi connectivity index (χ3n) is 4.61. The second-order valence-electron chi connectivity index (χ2n) is 6.47. The zero-order valence-electron chi connectivity index (χ0n) is 12.5. The standard InChI is InChI=1S/C15H27N3O/c1-13-4-6-15(12-19,7-5-13)11-17(2)10-14-16-8-9-18(14)3/h8-9,13,19H,4-7,10-12H2,1-3H3. The van der Waals surface area contributed by atoms with Gasteiger partial charge in [0.15, 0.2) is 0 Å². The summed E-state index contributed by atoms with van der Waals surface area (Å²) in [5.74, 6) is 1.90. The highest BCUT2D eigenvalue weighted by atomic mass is 16.3. The minimum absolute atomic E-state index is 0.104. The third kappa shape index (κ3) is 3.57. The maximum absolute atomic E-state index is 9.81. The molecule has 1 N–H and O–H groups in total. The van der Waals surface area contributed by atoms with E-state index in [0.29, 0.717) is 6.61 Å². The summed E-state index contributed by atoms with van der Waals surface area (Å²) in [5.41, 5.74) is 0.104. The summed E-state index contributed by atoms with van der Waals surface area (Å²) in [7, 11) is 4.16. The fourth-order valence-corrected chi connectivity index (χ4v) is 3.16. The Labute approximate surface area is 116 Å². The van der Waals surface area contributed by atoms with E-state index < -0.39 is 0 Å². The van der Waals surface area contributed by atoms with Crippen LogP contribution in [0.2, 0.25) is 0 Å². The highest BCUT2D eigenvalue weighted by Gasteiger charge is 2.34. The molecule has 4 nitrogen and oxygen atoms in total. The van der Waals surface area contributed by atoms with Crippen LogP contribution in [0.5, 0.6) is 0 Å². The Hall–Kier alpha value is -0.870. The predicted octanol–water partition coefficient (Wildman–Crippen LogP) is 2.04. The van der Waals surface area contributed by atoms with Crippen LogP contribution >= 0.6 is 0 Å². The van der Waals surface area contributed by atoms with Gasteiger partial charge in [0.05, 0.1) is 6.54 Å². The summed E-state index contributed by atoms with van der Waals surface area (Å²) >= 11 is 0. The number of hydrogen-bond donors (Lipinski definition) is 1. The van der Waals surface area contributed by atoms with E-state index in [4.69, 9.17) is 0 Å². The molecule has 19 heavy (non-hydrogen) atoms. The van der Waals surface area contributed by atoms with Gasteiger partial charge in [-0.3, -0.25) is 4.90 Å². The quantitative estimate of drug-likeness (QED) is 0.886. The second kappa shape index (κ2) is 6.06. The lowest BCUT2D eigenvalue weighted by Gasteiger charge is -2.40. The van der Waals surface area contributed by atoms with Crippen LogP contribution in [0.1, 0.15) is 38.4 Å². The fraction of sp³-hybridized carbons (Fsp3) is 0.800. The monoisotopic (exact) mass is 265 g/mol. The highest BCUT2D eigenvalue weighted by Crippen LogP contribution is 2.39. The number of imidazole rings is 1. The Balaban J connectivity index is 1.93. The third-order valence-corrected chi connectivity index (χ3v) is 4.61. The molecule has 1 aromatic heterocycles. The molecule has 0 amide bonds. The predicted molar refractivity (Wildman–Crippen MR) is 76.7 cm³/mol. The summed E-state index contributed by atoms with van der Waals surface area (Å²) in [6.45, 7) is 4.44. The lowest BCUT2D eigenvalue weighted by Crippen LogP contribution is -2.41. The van der Waals surface area contributed by atoms with Crippen LogP contribution in [-0.4, -0.2) is 39.8 Å². The van der Waals surface area contributed by atoms with Crippen molar-refractivity contribution in [3.63, 3.8) is 0 Å². The van der Waals surface area contributed by atoms with Crippen molar-refractivity contribution >= 4 is 0 Å². The number of aryl methyl sites for hydroxylation is 1. The summed E-state index contributed by atoms with van der Waals surface area (Å²) in [6.07, 6.45) is 8.61. The number of nitrogens with zero attached hydrogens (tertiary/aromatic N) is 3. The zero-order chi connectivity index (χ0) is 13.9. The first-order chi connectivity index (χ1) is 9.04. The lowest BCUT2D eigenvalue weighted by molar-refractivity contribution is 0.0338. The van der Waals surface area contributed by atoms with E-state index in [1.165, 1.54) is 12.8 Å². The van der Waals surface area contributed by atoms with Gasteiger partial charge in [-0.2, -0.15) is 0 Å². The van der Waals surface area contributed by atoms with E-state index in [9.17, 15) is 5.11 Å². The average molecular weight is 265 g/mol. The molecule has 1 aliphatic rings. The van der Waals surface area contributed by atoms with Crippen LogP contribution in [0.25, 0.3) is 0 Å². The van der Waals surface area contributed by atoms with Gasteiger partial charge in [0, 0.05) is 38.0 Å². The molecular formula is C15H27N3O. The van der Waals surface area contributed by atoms with Crippen molar-refractivity contribution in [2.24, 2.45) is 18.4 Å². The Morgan fingerprint density at radius 1 is 1.47 bits per heavy atom. The summed E-state index contributed by atoms with van der Waals surface area (Å²) in [5, 5.41) is 9.81. The zero-order valence-corrected chi connectivity index (χ0v) is 12.5. The molecule has 0 atom stereocenters. The number of aliphatic hydroxyl groups excluding tert-OH is 1. The van der Waals surface area contributed by atoms with E-state index in [0.717, 1.165) is 37.7 Å². The molecule has 0 aromatic carbocycles.